The van der Waals surface area contributed by atoms with Gasteiger partial charge in [0.15, 0.2) is 0 Å². The Labute approximate surface area is 117 Å². The number of piperazine rings is 1. The number of aryl methyl sites for hydroxylation is 1. The summed E-state index contributed by atoms with van der Waals surface area (Å²) in [6, 6.07) is 0.234. The first-order valence-corrected chi connectivity index (χ1v) is 6.71. The number of carbonyl (C=O) groups is 1. The van der Waals surface area contributed by atoms with Crippen LogP contribution in [-0.2, 0) is 0 Å². The molecule has 1 fully saturated rings. The molecule has 19 heavy (non-hydrogen) atoms. The van der Waals surface area contributed by atoms with Crippen LogP contribution in [0, 0.1) is 13.8 Å². The molecule has 2 rings (SSSR count). The number of aromatic amines is 1. The number of aromatic nitrogens is 1. The van der Waals surface area contributed by atoms with Crippen molar-refractivity contribution < 1.29 is 4.79 Å². The molecule has 0 bridgehead atoms. The van der Waals surface area contributed by atoms with Crippen LogP contribution < -0.4 is 10.9 Å². The van der Waals surface area contributed by atoms with Gasteiger partial charge in [0.05, 0.1) is 5.02 Å². The molecule has 6 heteroatoms. The van der Waals surface area contributed by atoms with Crippen molar-refractivity contribution in [1.29, 1.82) is 0 Å². The Kier molecular flexibility index (Phi) is 3.96. The third-order valence-corrected chi connectivity index (χ3v) is 4.00. The first-order chi connectivity index (χ1) is 8.91. The Hall–Kier alpha value is -1.33. The van der Waals surface area contributed by atoms with E-state index in [9.17, 15) is 9.59 Å². The lowest BCUT2D eigenvalue weighted by molar-refractivity contribution is 0.0706. The molecule has 1 atom stereocenters. The molecule has 1 saturated heterocycles. The second-order valence-electron chi connectivity index (χ2n) is 5.00. The summed E-state index contributed by atoms with van der Waals surface area (Å²) in [4.78, 5) is 28.8. The summed E-state index contributed by atoms with van der Waals surface area (Å²) in [7, 11) is 0. The summed E-state index contributed by atoms with van der Waals surface area (Å²) in [5.74, 6) is -0.242. The average Bonchev–Trinajstić information content (AvgIpc) is 2.36. The first-order valence-electron chi connectivity index (χ1n) is 6.33. The Bertz CT molecular complexity index is 568. The summed E-state index contributed by atoms with van der Waals surface area (Å²) in [6.45, 7) is 7.39. The second-order valence-corrected chi connectivity index (χ2v) is 5.38. The lowest BCUT2D eigenvalue weighted by Gasteiger charge is -2.32. The Morgan fingerprint density at radius 1 is 1.42 bits per heavy atom. The molecule has 0 radical (unpaired) electrons. The number of nitrogens with zero attached hydrogens (tertiary/aromatic N) is 1. The van der Waals surface area contributed by atoms with E-state index in [1.807, 2.05) is 6.92 Å². The fraction of sp³-hybridized carbons (Fsp3) is 0.538. The van der Waals surface area contributed by atoms with E-state index in [4.69, 9.17) is 11.6 Å². The van der Waals surface area contributed by atoms with E-state index in [1.54, 1.807) is 18.7 Å². The van der Waals surface area contributed by atoms with Gasteiger partial charge in [0.1, 0.15) is 5.56 Å². The predicted octanol–water partition coefficient (Wildman–Crippen LogP) is 1.08. The topological polar surface area (TPSA) is 65.2 Å². The number of hydrogen-bond donors (Lipinski definition) is 2. The van der Waals surface area contributed by atoms with Crippen LogP contribution in [0.5, 0.6) is 0 Å². The van der Waals surface area contributed by atoms with Crippen LogP contribution in [0.15, 0.2) is 4.79 Å². The zero-order valence-corrected chi connectivity index (χ0v) is 12.1. The van der Waals surface area contributed by atoms with Gasteiger partial charge in [-0.25, -0.2) is 0 Å². The first kappa shape index (κ1) is 14.1. The van der Waals surface area contributed by atoms with E-state index >= 15 is 0 Å². The minimum atomic E-state index is -0.365. The maximum absolute atomic E-state index is 12.5. The molecule has 1 aliphatic rings. The molecule has 0 saturated carbocycles. The van der Waals surface area contributed by atoms with E-state index in [2.05, 4.69) is 10.3 Å². The molecule has 0 spiro atoms. The summed E-state index contributed by atoms with van der Waals surface area (Å²) in [5.41, 5.74) is 0.939. The van der Waals surface area contributed by atoms with E-state index in [0.29, 0.717) is 29.4 Å². The molecule has 1 amide bonds. The zero-order chi connectivity index (χ0) is 14.2. The number of amides is 1. The van der Waals surface area contributed by atoms with E-state index in [0.717, 1.165) is 6.54 Å². The Balaban J connectivity index is 2.39. The van der Waals surface area contributed by atoms with Crippen molar-refractivity contribution in [1.82, 2.24) is 15.2 Å². The monoisotopic (exact) mass is 283 g/mol. The van der Waals surface area contributed by atoms with Gasteiger partial charge >= 0.3 is 0 Å². The van der Waals surface area contributed by atoms with Gasteiger partial charge in [0.2, 0.25) is 0 Å². The molecule has 0 unspecified atom stereocenters. The van der Waals surface area contributed by atoms with Gasteiger partial charge in [0.25, 0.3) is 11.5 Å². The van der Waals surface area contributed by atoms with Gasteiger partial charge in [-0.15, -0.1) is 0 Å². The van der Waals surface area contributed by atoms with Crippen molar-refractivity contribution in [3.05, 3.63) is 32.2 Å². The number of nitrogens with one attached hydrogen (secondary N) is 2. The molecule has 2 N–H and O–H groups in total. The van der Waals surface area contributed by atoms with E-state index in [1.165, 1.54) is 0 Å². The smallest absolute Gasteiger partial charge is 0.261 e. The normalized spacial score (nSPS) is 19.6. The van der Waals surface area contributed by atoms with Crippen LogP contribution in [0.1, 0.15) is 28.5 Å². The lowest BCUT2D eigenvalue weighted by atomic mass is 10.1. The van der Waals surface area contributed by atoms with Crippen LogP contribution in [0.25, 0.3) is 0 Å². The van der Waals surface area contributed by atoms with Crippen LogP contribution in [0.2, 0.25) is 5.02 Å². The molecular weight excluding hydrogens is 266 g/mol. The summed E-state index contributed by atoms with van der Waals surface area (Å²) >= 11 is 6.11. The highest BCUT2D eigenvalue weighted by Crippen LogP contribution is 2.20. The highest BCUT2D eigenvalue weighted by Gasteiger charge is 2.26. The fourth-order valence-electron chi connectivity index (χ4n) is 2.38. The van der Waals surface area contributed by atoms with Crippen molar-refractivity contribution in [2.45, 2.75) is 26.8 Å². The number of hydrogen-bond acceptors (Lipinski definition) is 3. The van der Waals surface area contributed by atoms with Crippen LogP contribution >= 0.6 is 11.6 Å². The SMILES string of the molecule is Cc1[nH]c(=O)c(C(=O)N2CCN[C@@H](C)C2)c(C)c1Cl. The largest absolute Gasteiger partial charge is 0.336 e. The van der Waals surface area contributed by atoms with Crippen molar-refractivity contribution in [2.75, 3.05) is 19.6 Å². The highest BCUT2D eigenvalue weighted by molar-refractivity contribution is 6.32. The van der Waals surface area contributed by atoms with Crippen LogP contribution in [-0.4, -0.2) is 41.5 Å². The fourth-order valence-corrected chi connectivity index (χ4v) is 2.52. The van der Waals surface area contributed by atoms with E-state index < -0.39 is 0 Å². The predicted molar refractivity (Wildman–Crippen MR) is 74.9 cm³/mol. The van der Waals surface area contributed by atoms with Gasteiger partial charge in [-0.3, -0.25) is 9.59 Å². The number of H-pyrrole nitrogens is 1. The summed E-state index contributed by atoms with van der Waals surface area (Å²) < 4.78 is 0. The van der Waals surface area contributed by atoms with Crippen molar-refractivity contribution >= 4 is 17.5 Å². The molecule has 1 aromatic heterocycles. The number of halogens is 1. The van der Waals surface area contributed by atoms with Crippen molar-refractivity contribution in [3.8, 4) is 0 Å². The van der Waals surface area contributed by atoms with E-state index in [-0.39, 0.29) is 23.1 Å². The van der Waals surface area contributed by atoms with Gasteiger partial charge in [-0.1, -0.05) is 11.6 Å². The molecule has 0 aromatic carbocycles. The Morgan fingerprint density at radius 2 is 2.11 bits per heavy atom. The maximum atomic E-state index is 12.5. The standard InChI is InChI=1S/C13H18ClN3O2/c1-7-6-17(5-4-15-7)13(19)10-8(2)11(14)9(3)16-12(10)18/h7,15H,4-6H2,1-3H3,(H,16,18)/t7-/m0/s1. The van der Waals surface area contributed by atoms with Crippen LogP contribution in [0.3, 0.4) is 0 Å². The quantitative estimate of drug-likeness (QED) is 0.811. The van der Waals surface area contributed by atoms with Crippen LogP contribution in [0.4, 0.5) is 0 Å². The molecule has 2 heterocycles. The summed E-state index contributed by atoms with van der Waals surface area (Å²) in [5, 5.41) is 3.71. The van der Waals surface area contributed by atoms with Gasteiger partial charge in [-0.05, 0) is 26.3 Å². The molecule has 1 aliphatic heterocycles. The molecule has 1 aromatic rings. The average molecular weight is 284 g/mol. The Morgan fingerprint density at radius 3 is 2.74 bits per heavy atom. The minimum Gasteiger partial charge on any atom is -0.336 e. The van der Waals surface area contributed by atoms with Gasteiger partial charge in [0, 0.05) is 31.4 Å². The number of rotatable bonds is 1. The molecule has 104 valence electrons. The van der Waals surface area contributed by atoms with Crippen molar-refractivity contribution in [2.24, 2.45) is 0 Å². The minimum absolute atomic E-state index is 0.157. The second kappa shape index (κ2) is 5.35. The number of carbonyl (C=O) groups excluding carboxylic acids is 1. The van der Waals surface area contributed by atoms with Gasteiger partial charge in [-0.2, -0.15) is 0 Å². The molecule has 0 aliphatic carbocycles. The number of pyridine rings is 1. The highest BCUT2D eigenvalue weighted by atomic mass is 35.5. The van der Waals surface area contributed by atoms with Crippen molar-refractivity contribution in [3.63, 3.8) is 0 Å². The third kappa shape index (κ3) is 2.67. The molecule has 5 nitrogen and oxygen atoms in total. The lowest BCUT2D eigenvalue weighted by Crippen LogP contribution is -2.52. The third-order valence-electron chi connectivity index (χ3n) is 3.43. The zero-order valence-electron chi connectivity index (χ0n) is 11.3. The summed E-state index contributed by atoms with van der Waals surface area (Å²) in [6.07, 6.45) is 0. The molecular formula is C13H18ClN3O2. The maximum Gasteiger partial charge on any atom is 0.261 e. The van der Waals surface area contributed by atoms with Gasteiger partial charge < -0.3 is 15.2 Å².